The van der Waals surface area contributed by atoms with Crippen molar-refractivity contribution in [2.45, 2.75) is 32.7 Å². The summed E-state index contributed by atoms with van der Waals surface area (Å²) in [6.07, 6.45) is 2.96. The number of benzene rings is 2. The minimum atomic E-state index is -1.16. The van der Waals surface area contributed by atoms with Crippen molar-refractivity contribution in [3.8, 4) is 5.75 Å². The number of anilines is 1. The Morgan fingerprint density at radius 1 is 1.06 bits per heavy atom. The van der Waals surface area contributed by atoms with Crippen molar-refractivity contribution in [2.75, 3.05) is 12.0 Å². The second kappa shape index (κ2) is 9.29. The van der Waals surface area contributed by atoms with Crippen molar-refractivity contribution in [3.05, 3.63) is 94.3 Å². The van der Waals surface area contributed by atoms with Crippen LogP contribution in [0.3, 0.4) is 0 Å². The summed E-state index contributed by atoms with van der Waals surface area (Å²) in [5.74, 6) is -3.81. The molecular weight excluding hydrogens is 454 g/mol. The molecule has 8 heteroatoms. The van der Waals surface area contributed by atoms with Gasteiger partial charge in [0.25, 0.3) is 11.7 Å². The maximum atomic E-state index is 14.1. The van der Waals surface area contributed by atoms with Crippen molar-refractivity contribution < 1.29 is 28.2 Å². The first-order valence-corrected chi connectivity index (χ1v) is 11.0. The van der Waals surface area contributed by atoms with Crippen LogP contribution in [-0.2, 0) is 9.59 Å². The summed E-state index contributed by atoms with van der Waals surface area (Å²) in [6, 6.07) is 8.56. The Bertz CT molecular complexity index is 1350. The number of pyridine rings is 1. The van der Waals surface area contributed by atoms with Gasteiger partial charge in [0, 0.05) is 29.7 Å². The van der Waals surface area contributed by atoms with E-state index in [0.29, 0.717) is 22.4 Å². The third-order valence-corrected chi connectivity index (χ3v) is 6.10. The number of hydrogen-bond donors (Lipinski definition) is 1. The van der Waals surface area contributed by atoms with Crippen molar-refractivity contribution >= 4 is 23.1 Å². The lowest BCUT2D eigenvalue weighted by Crippen LogP contribution is -2.29. The highest BCUT2D eigenvalue weighted by molar-refractivity contribution is 6.51. The molecular formula is C27H24F2N2O4. The number of Topliss-reactive ketones (excluding diaryl/α,β-unsaturated/α-hetero) is 1. The Labute approximate surface area is 201 Å². The Morgan fingerprint density at radius 2 is 1.74 bits per heavy atom. The number of aromatic nitrogens is 1. The summed E-state index contributed by atoms with van der Waals surface area (Å²) in [7, 11) is 1.55. The van der Waals surface area contributed by atoms with Crippen LogP contribution in [0.25, 0.3) is 5.76 Å². The number of carbonyl (C=O) groups excluding carboxylic acids is 2. The van der Waals surface area contributed by atoms with Gasteiger partial charge in [0.15, 0.2) is 11.6 Å². The zero-order valence-corrected chi connectivity index (χ0v) is 19.7. The number of aliphatic hydroxyl groups is 1. The summed E-state index contributed by atoms with van der Waals surface area (Å²) < 4.78 is 33.1. The molecule has 0 spiro atoms. The van der Waals surface area contributed by atoms with E-state index < -0.39 is 29.4 Å². The number of carbonyl (C=O) groups is 2. The number of nitrogens with zero attached hydrogens (tertiary/aromatic N) is 2. The molecule has 1 fully saturated rings. The summed E-state index contributed by atoms with van der Waals surface area (Å²) in [5.41, 5.74) is 2.12. The summed E-state index contributed by atoms with van der Waals surface area (Å²) in [5, 5.41) is 11.4. The van der Waals surface area contributed by atoms with Crippen LogP contribution < -0.4 is 9.64 Å². The van der Waals surface area contributed by atoms with Crippen molar-refractivity contribution in [2.24, 2.45) is 0 Å². The molecule has 3 aromatic rings. The van der Waals surface area contributed by atoms with Gasteiger partial charge in [0.2, 0.25) is 0 Å². The van der Waals surface area contributed by atoms with E-state index in [1.807, 2.05) is 13.8 Å². The Kier molecular flexibility index (Phi) is 6.39. The maximum absolute atomic E-state index is 14.1. The van der Waals surface area contributed by atoms with Gasteiger partial charge in [-0.25, -0.2) is 8.78 Å². The fourth-order valence-electron chi connectivity index (χ4n) is 4.32. The lowest BCUT2D eigenvalue weighted by atomic mass is 9.91. The van der Waals surface area contributed by atoms with Crippen LogP contribution in [0, 0.1) is 18.6 Å². The fraction of sp³-hybridized carbons (Fsp3) is 0.222. The number of halogens is 2. The first-order chi connectivity index (χ1) is 16.6. The zero-order valence-electron chi connectivity index (χ0n) is 19.7. The number of hydrogen-bond acceptors (Lipinski definition) is 5. The Balaban J connectivity index is 1.98. The van der Waals surface area contributed by atoms with E-state index in [4.69, 9.17) is 4.74 Å². The molecule has 180 valence electrons. The number of amides is 1. The molecule has 1 aromatic heterocycles. The highest BCUT2D eigenvalue weighted by Gasteiger charge is 2.47. The molecule has 0 aliphatic carbocycles. The molecule has 0 radical (unpaired) electrons. The quantitative estimate of drug-likeness (QED) is 0.301. The third-order valence-electron chi connectivity index (χ3n) is 6.10. The van der Waals surface area contributed by atoms with Gasteiger partial charge < -0.3 is 9.84 Å². The summed E-state index contributed by atoms with van der Waals surface area (Å²) in [4.78, 5) is 31.5. The zero-order chi connectivity index (χ0) is 25.4. The molecule has 2 aromatic carbocycles. The molecule has 2 heterocycles. The van der Waals surface area contributed by atoms with Crippen LogP contribution >= 0.6 is 0 Å². The van der Waals surface area contributed by atoms with Gasteiger partial charge in [0.05, 0.1) is 18.7 Å². The summed E-state index contributed by atoms with van der Waals surface area (Å²) >= 11 is 0. The molecule has 1 N–H and O–H groups in total. The second-order valence-corrected chi connectivity index (χ2v) is 8.61. The van der Waals surface area contributed by atoms with Gasteiger partial charge in [-0.2, -0.15) is 0 Å². The lowest BCUT2D eigenvalue weighted by Gasteiger charge is -2.25. The van der Waals surface area contributed by atoms with Crippen molar-refractivity contribution in [3.63, 3.8) is 0 Å². The summed E-state index contributed by atoms with van der Waals surface area (Å²) in [6.45, 7) is 5.69. The fourth-order valence-corrected chi connectivity index (χ4v) is 4.32. The number of aryl methyl sites for hydroxylation is 1. The highest BCUT2D eigenvalue weighted by atomic mass is 19.2. The van der Waals surface area contributed by atoms with Gasteiger partial charge in [-0.05, 0) is 65.9 Å². The van der Waals surface area contributed by atoms with Crippen LogP contribution in [0.15, 0.2) is 60.4 Å². The van der Waals surface area contributed by atoms with Crippen molar-refractivity contribution in [1.82, 2.24) is 4.98 Å². The number of ketones is 1. The molecule has 0 bridgehead atoms. The van der Waals surface area contributed by atoms with Gasteiger partial charge >= 0.3 is 0 Å². The van der Waals surface area contributed by atoms with E-state index in [0.717, 1.165) is 22.6 Å². The molecule has 1 aliphatic rings. The van der Waals surface area contributed by atoms with Crippen LogP contribution in [0.2, 0.25) is 0 Å². The van der Waals surface area contributed by atoms with Gasteiger partial charge in [0.1, 0.15) is 11.5 Å². The standard InChI is InChI=1S/C27H24F2N2O4/c1-14(2)18-13-19(15(3)11-22(18)35-4)25(32)23-24(16-7-9-30-10-8-16)31(27(34)26(23)33)17-5-6-20(28)21(29)12-17/h5-14,24,32H,1-4H3/b25-23+. The van der Waals surface area contributed by atoms with Crippen molar-refractivity contribution in [1.29, 1.82) is 0 Å². The maximum Gasteiger partial charge on any atom is 0.300 e. The van der Waals surface area contributed by atoms with Crippen LogP contribution in [-0.4, -0.2) is 28.9 Å². The lowest BCUT2D eigenvalue weighted by molar-refractivity contribution is -0.132. The van der Waals surface area contributed by atoms with Gasteiger partial charge in [-0.15, -0.1) is 0 Å². The molecule has 0 saturated carbocycles. The average molecular weight is 478 g/mol. The average Bonchev–Trinajstić information content (AvgIpc) is 3.11. The normalized spacial score (nSPS) is 17.3. The first kappa shape index (κ1) is 24.1. The topological polar surface area (TPSA) is 79.7 Å². The smallest absolute Gasteiger partial charge is 0.300 e. The largest absolute Gasteiger partial charge is 0.507 e. The number of rotatable bonds is 5. The van der Waals surface area contributed by atoms with Gasteiger partial charge in [-0.1, -0.05) is 13.8 Å². The predicted molar refractivity (Wildman–Crippen MR) is 127 cm³/mol. The van der Waals surface area contributed by atoms with Crippen LogP contribution in [0.5, 0.6) is 5.75 Å². The molecule has 35 heavy (non-hydrogen) atoms. The number of ether oxygens (including phenoxy) is 1. The van der Waals surface area contributed by atoms with Crippen LogP contribution in [0.4, 0.5) is 14.5 Å². The van der Waals surface area contributed by atoms with E-state index in [1.165, 1.54) is 18.5 Å². The SMILES string of the molecule is COc1cc(C)c(/C(O)=C2\C(=O)C(=O)N(c3ccc(F)c(F)c3)C2c2ccncc2)cc1C(C)C. The Morgan fingerprint density at radius 3 is 2.34 bits per heavy atom. The molecule has 4 rings (SSSR count). The second-order valence-electron chi connectivity index (χ2n) is 8.61. The molecule has 1 saturated heterocycles. The molecule has 1 aliphatic heterocycles. The van der Waals surface area contributed by atoms with Gasteiger partial charge in [-0.3, -0.25) is 19.5 Å². The van der Waals surface area contributed by atoms with E-state index >= 15 is 0 Å². The Hall–Kier alpha value is -4.07. The van der Waals surface area contributed by atoms with E-state index in [9.17, 15) is 23.5 Å². The molecule has 1 amide bonds. The third kappa shape index (κ3) is 4.16. The predicted octanol–water partition coefficient (Wildman–Crippen LogP) is 5.43. The minimum absolute atomic E-state index is 0.0128. The molecule has 1 atom stereocenters. The number of aliphatic hydroxyl groups excluding tert-OH is 1. The van der Waals surface area contributed by atoms with E-state index in [-0.39, 0.29) is 22.9 Å². The van der Waals surface area contributed by atoms with E-state index in [2.05, 4.69) is 4.98 Å². The number of methoxy groups -OCH3 is 1. The highest BCUT2D eigenvalue weighted by Crippen LogP contribution is 2.43. The monoisotopic (exact) mass is 478 g/mol. The van der Waals surface area contributed by atoms with Crippen LogP contribution in [0.1, 0.15) is 48.1 Å². The first-order valence-electron chi connectivity index (χ1n) is 11.0. The minimum Gasteiger partial charge on any atom is -0.507 e. The van der Waals surface area contributed by atoms with E-state index in [1.54, 1.807) is 38.3 Å². The molecule has 1 unspecified atom stereocenters. The molecule has 6 nitrogen and oxygen atoms in total.